The predicted octanol–water partition coefficient (Wildman–Crippen LogP) is 5.31. The molecule has 2 rings (SSSR count). The topological polar surface area (TPSA) is 9.23 Å². The second kappa shape index (κ2) is 6.33. The summed E-state index contributed by atoms with van der Waals surface area (Å²) in [6.07, 6.45) is 0. The lowest BCUT2D eigenvalue weighted by molar-refractivity contribution is 0.306. The molecule has 0 atom stereocenters. The van der Waals surface area contributed by atoms with Gasteiger partial charge in [0.25, 0.3) is 0 Å². The molecular formula is C14H11Cl3O. The number of ether oxygens (including phenoxy) is 1. The molecule has 94 valence electrons. The van der Waals surface area contributed by atoms with Gasteiger partial charge in [-0.3, -0.25) is 0 Å². The standard InChI is InChI=1S/C14H11Cl3O/c15-8-10-1-4-12(5-2-10)18-9-11-3-6-13(16)14(17)7-11/h1-7H,8-9H2. The van der Waals surface area contributed by atoms with E-state index in [4.69, 9.17) is 39.5 Å². The molecule has 0 saturated carbocycles. The van der Waals surface area contributed by atoms with Gasteiger partial charge in [-0.05, 0) is 35.4 Å². The molecule has 0 aliphatic heterocycles. The summed E-state index contributed by atoms with van der Waals surface area (Å²) in [5, 5.41) is 1.09. The first kappa shape index (κ1) is 13.5. The summed E-state index contributed by atoms with van der Waals surface area (Å²) in [5.41, 5.74) is 2.05. The van der Waals surface area contributed by atoms with Crippen LogP contribution >= 0.6 is 34.8 Å². The highest BCUT2D eigenvalue weighted by molar-refractivity contribution is 6.42. The highest BCUT2D eigenvalue weighted by Gasteiger charge is 2.01. The zero-order chi connectivity index (χ0) is 13.0. The number of hydrogen-bond donors (Lipinski definition) is 0. The van der Waals surface area contributed by atoms with E-state index in [1.807, 2.05) is 30.3 Å². The SMILES string of the molecule is ClCc1ccc(OCc2ccc(Cl)c(Cl)c2)cc1. The fourth-order valence-corrected chi connectivity index (χ4v) is 1.97. The van der Waals surface area contributed by atoms with Crippen molar-refractivity contribution in [2.24, 2.45) is 0 Å². The van der Waals surface area contributed by atoms with Crippen molar-refractivity contribution < 1.29 is 4.74 Å². The van der Waals surface area contributed by atoms with E-state index in [2.05, 4.69) is 0 Å². The molecule has 0 saturated heterocycles. The predicted molar refractivity (Wildman–Crippen MR) is 76.8 cm³/mol. The van der Waals surface area contributed by atoms with Crippen LogP contribution in [0, 0.1) is 0 Å². The van der Waals surface area contributed by atoms with Crippen molar-refractivity contribution in [3.05, 3.63) is 63.6 Å². The van der Waals surface area contributed by atoms with Gasteiger partial charge in [0.05, 0.1) is 10.0 Å². The number of alkyl halides is 1. The number of rotatable bonds is 4. The summed E-state index contributed by atoms with van der Waals surface area (Å²) < 4.78 is 5.64. The van der Waals surface area contributed by atoms with Gasteiger partial charge in [0.15, 0.2) is 0 Å². The summed E-state index contributed by atoms with van der Waals surface area (Å²) in [6.45, 7) is 0.455. The van der Waals surface area contributed by atoms with E-state index in [0.29, 0.717) is 22.5 Å². The van der Waals surface area contributed by atoms with Gasteiger partial charge in [-0.2, -0.15) is 0 Å². The molecule has 0 N–H and O–H groups in total. The highest BCUT2D eigenvalue weighted by atomic mass is 35.5. The maximum absolute atomic E-state index is 5.93. The van der Waals surface area contributed by atoms with E-state index >= 15 is 0 Å². The molecule has 4 heteroatoms. The number of benzene rings is 2. The molecule has 0 fully saturated rings. The minimum atomic E-state index is 0.455. The maximum Gasteiger partial charge on any atom is 0.119 e. The minimum Gasteiger partial charge on any atom is -0.489 e. The molecule has 0 spiro atoms. The van der Waals surface area contributed by atoms with Gasteiger partial charge < -0.3 is 4.74 Å². The first-order chi connectivity index (χ1) is 8.69. The van der Waals surface area contributed by atoms with E-state index in [-0.39, 0.29) is 0 Å². The normalized spacial score (nSPS) is 10.4. The third-order valence-electron chi connectivity index (χ3n) is 2.47. The van der Waals surface area contributed by atoms with Crippen molar-refractivity contribution >= 4 is 34.8 Å². The van der Waals surface area contributed by atoms with Crippen LogP contribution in [0.5, 0.6) is 5.75 Å². The molecule has 18 heavy (non-hydrogen) atoms. The van der Waals surface area contributed by atoms with Gasteiger partial charge in [0.1, 0.15) is 12.4 Å². The fourth-order valence-electron chi connectivity index (χ4n) is 1.47. The lowest BCUT2D eigenvalue weighted by atomic mass is 10.2. The summed E-state index contributed by atoms with van der Waals surface area (Å²) in [6, 6.07) is 13.1. The molecule has 0 amide bonds. The van der Waals surface area contributed by atoms with Gasteiger partial charge in [-0.1, -0.05) is 41.4 Å². The Morgan fingerprint density at radius 1 is 0.833 bits per heavy atom. The Kier molecular flexibility index (Phi) is 4.76. The van der Waals surface area contributed by atoms with E-state index < -0.39 is 0 Å². The molecule has 1 nitrogen and oxygen atoms in total. The van der Waals surface area contributed by atoms with Crippen LogP contribution in [0.15, 0.2) is 42.5 Å². The largest absolute Gasteiger partial charge is 0.489 e. The molecule has 2 aromatic rings. The van der Waals surface area contributed by atoms with Crippen molar-refractivity contribution in [3.8, 4) is 5.75 Å². The summed E-state index contributed by atoms with van der Waals surface area (Å²) in [7, 11) is 0. The average Bonchev–Trinajstić information content (AvgIpc) is 2.41. The average molecular weight is 302 g/mol. The van der Waals surface area contributed by atoms with Gasteiger partial charge in [0, 0.05) is 5.88 Å². The molecule has 0 aliphatic rings. The smallest absolute Gasteiger partial charge is 0.119 e. The highest BCUT2D eigenvalue weighted by Crippen LogP contribution is 2.23. The Morgan fingerprint density at radius 3 is 2.11 bits per heavy atom. The van der Waals surface area contributed by atoms with Crippen molar-refractivity contribution in [3.63, 3.8) is 0 Å². The molecule has 2 aromatic carbocycles. The van der Waals surface area contributed by atoms with Crippen LogP contribution in [0.1, 0.15) is 11.1 Å². The van der Waals surface area contributed by atoms with E-state index in [0.717, 1.165) is 16.9 Å². The van der Waals surface area contributed by atoms with Gasteiger partial charge in [-0.25, -0.2) is 0 Å². The molecule has 0 radical (unpaired) electrons. The maximum atomic E-state index is 5.93. The molecule has 0 heterocycles. The Balaban J connectivity index is 1.99. The molecular weight excluding hydrogens is 291 g/mol. The summed E-state index contributed by atoms with van der Waals surface area (Å²) in [4.78, 5) is 0. The van der Waals surface area contributed by atoms with Crippen molar-refractivity contribution in [2.75, 3.05) is 0 Å². The summed E-state index contributed by atoms with van der Waals surface area (Å²) in [5.74, 6) is 1.31. The van der Waals surface area contributed by atoms with Gasteiger partial charge in [0.2, 0.25) is 0 Å². The second-order valence-electron chi connectivity index (χ2n) is 3.81. The number of halogens is 3. The monoisotopic (exact) mass is 300 g/mol. The van der Waals surface area contributed by atoms with Crippen molar-refractivity contribution in [1.29, 1.82) is 0 Å². The summed E-state index contributed by atoms with van der Waals surface area (Å²) >= 11 is 17.5. The number of hydrogen-bond acceptors (Lipinski definition) is 1. The van der Waals surface area contributed by atoms with Crippen LogP contribution in [-0.4, -0.2) is 0 Å². The van der Waals surface area contributed by atoms with Gasteiger partial charge >= 0.3 is 0 Å². The van der Waals surface area contributed by atoms with Crippen LogP contribution in [0.25, 0.3) is 0 Å². The van der Waals surface area contributed by atoms with E-state index in [1.165, 1.54) is 0 Å². The van der Waals surface area contributed by atoms with Crippen LogP contribution in [0.4, 0.5) is 0 Å². The van der Waals surface area contributed by atoms with Crippen molar-refractivity contribution in [2.45, 2.75) is 12.5 Å². The molecule has 0 aromatic heterocycles. The third kappa shape index (κ3) is 3.55. The molecule has 0 aliphatic carbocycles. The third-order valence-corrected chi connectivity index (χ3v) is 3.51. The molecule has 0 bridgehead atoms. The van der Waals surface area contributed by atoms with E-state index in [9.17, 15) is 0 Å². The Labute approximate surface area is 121 Å². The van der Waals surface area contributed by atoms with E-state index in [1.54, 1.807) is 12.1 Å². The Morgan fingerprint density at radius 2 is 1.50 bits per heavy atom. The first-order valence-electron chi connectivity index (χ1n) is 5.40. The van der Waals surface area contributed by atoms with Crippen molar-refractivity contribution in [1.82, 2.24) is 0 Å². The zero-order valence-electron chi connectivity index (χ0n) is 9.50. The quantitative estimate of drug-likeness (QED) is 0.695. The second-order valence-corrected chi connectivity index (χ2v) is 4.90. The van der Waals surface area contributed by atoms with Crippen LogP contribution in [0.3, 0.4) is 0 Å². The minimum absolute atomic E-state index is 0.455. The molecule has 0 unspecified atom stereocenters. The first-order valence-corrected chi connectivity index (χ1v) is 6.69. The lowest BCUT2D eigenvalue weighted by Crippen LogP contribution is -1.95. The van der Waals surface area contributed by atoms with Crippen LogP contribution in [0.2, 0.25) is 10.0 Å². The lowest BCUT2D eigenvalue weighted by Gasteiger charge is -2.07. The Hall–Kier alpha value is -0.890. The van der Waals surface area contributed by atoms with Crippen LogP contribution < -0.4 is 4.74 Å². The van der Waals surface area contributed by atoms with Crippen LogP contribution in [-0.2, 0) is 12.5 Å². The van der Waals surface area contributed by atoms with Gasteiger partial charge in [-0.15, -0.1) is 11.6 Å². The Bertz CT molecular complexity index is 523. The fraction of sp³-hybridized carbons (Fsp3) is 0.143. The zero-order valence-corrected chi connectivity index (χ0v) is 11.8.